The minimum Gasteiger partial charge on any atom is -0.496 e. The lowest BCUT2D eigenvalue weighted by atomic mass is 9.95. The number of anilines is 2. The summed E-state index contributed by atoms with van der Waals surface area (Å²) in [6.07, 6.45) is 7.85. The number of rotatable bonds is 7. The molecular weight excluding hydrogens is 516 g/mol. The van der Waals surface area contributed by atoms with Crippen molar-refractivity contribution in [1.82, 2.24) is 15.0 Å². The molecule has 3 aromatic carbocycles. The number of carbonyl (C=O) groups is 2. The van der Waals surface area contributed by atoms with Gasteiger partial charge in [0.05, 0.1) is 29.8 Å². The number of aromatic nitrogens is 3. The van der Waals surface area contributed by atoms with E-state index in [1.807, 2.05) is 48.5 Å². The number of nitrogens with one attached hydrogen (secondary N) is 2. The fourth-order valence-corrected chi connectivity index (χ4v) is 4.40. The third-order valence-electron chi connectivity index (χ3n) is 6.28. The molecule has 0 unspecified atom stereocenters. The van der Waals surface area contributed by atoms with E-state index in [9.17, 15) is 9.59 Å². The smallest absolute Gasteiger partial charge is 0.260 e. The second-order valence-electron chi connectivity index (χ2n) is 8.97. The van der Waals surface area contributed by atoms with Crippen molar-refractivity contribution in [3.63, 3.8) is 0 Å². The molecule has 2 aromatic heterocycles. The van der Waals surface area contributed by atoms with E-state index in [1.54, 1.807) is 37.4 Å². The van der Waals surface area contributed by atoms with Gasteiger partial charge in [-0.05, 0) is 78.2 Å². The lowest BCUT2D eigenvalue weighted by Gasteiger charge is -2.14. The molecule has 9 nitrogen and oxygen atoms in total. The van der Waals surface area contributed by atoms with Gasteiger partial charge in [0.15, 0.2) is 0 Å². The number of allylic oxidation sites excluding steroid dienone is 1. The molecule has 0 aliphatic rings. The summed E-state index contributed by atoms with van der Waals surface area (Å²) in [7, 11) is 1.50. The van der Waals surface area contributed by atoms with Crippen molar-refractivity contribution in [2.45, 2.75) is 6.92 Å². The molecule has 5 rings (SSSR count). The van der Waals surface area contributed by atoms with Crippen LogP contribution in [-0.4, -0.2) is 33.9 Å². The van der Waals surface area contributed by atoms with Crippen LogP contribution in [0, 0.1) is 11.3 Å². The van der Waals surface area contributed by atoms with Crippen molar-refractivity contribution in [2.24, 2.45) is 0 Å². The molecule has 2 amide bonds. The van der Waals surface area contributed by atoms with Gasteiger partial charge in [-0.15, -0.1) is 0 Å². The van der Waals surface area contributed by atoms with E-state index in [-0.39, 0.29) is 11.7 Å². The molecular formula is C32H24N6O3. The standard InChI is InChI=1S/C32H24N6O3/c1-3-5-30(39)37-25-7-4-6-22(14-25)27-15-23(13-24-18-34-19-36-31(24)27)21-8-9-26(28(16-21)41-2)32(40)38-29-12-20(17-33)10-11-35-29/h3-16,18-19H,1-2H3,(H,37,39)(H,35,38,40)/b5-3+. The third-order valence-corrected chi connectivity index (χ3v) is 6.28. The summed E-state index contributed by atoms with van der Waals surface area (Å²) in [6, 6.07) is 21.9. The van der Waals surface area contributed by atoms with E-state index in [1.165, 1.54) is 31.8 Å². The summed E-state index contributed by atoms with van der Waals surface area (Å²) >= 11 is 0. The summed E-state index contributed by atoms with van der Waals surface area (Å²) in [5.41, 5.74) is 5.51. The van der Waals surface area contributed by atoms with Crippen LogP contribution in [0.3, 0.4) is 0 Å². The highest BCUT2D eigenvalue weighted by atomic mass is 16.5. The minimum atomic E-state index is -0.416. The van der Waals surface area contributed by atoms with Crippen molar-refractivity contribution in [1.29, 1.82) is 5.26 Å². The zero-order valence-corrected chi connectivity index (χ0v) is 22.3. The Hall–Kier alpha value is -5.88. The second kappa shape index (κ2) is 11.9. The molecule has 0 radical (unpaired) electrons. The maximum atomic E-state index is 13.0. The van der Waals surface area contributed by atoms with Crippen LogP contribution in [0.15, 0.2) is 97.6 Å². The number of benzene rings is 3. The first-order valence-corrected chi connectivity index (χ1v) is 12.6. The Morgan fingerprint density at radius 1 is 0.951 bits per heavy atom. The number of hydrogen-bond donors (Lipinski definition) is 2. The van der Waals surface area contributed by atoms with Gasteiger partial charge in [-0.1, -0.05) is 24.3 Å². The molecule has 0 fully saturated rings. The second-order valence-corrected chi connectivity index (χ2v) is 8.97. The molecule has 2 N–H and O–H groups in total. The van der Waals surface area contributed by atoms with E-state index in [0.29, 0.717) is 22.6 Å². The average Bonchev–Trinajstić information content (AvgIpc) is 3.00. The van der Waals surface area contributed by atoms with Crippen LogP contribution >= 0.6 is 0 Å². The minimum absolute atomic E-state index is 0.213. The largest absolute Gasteiger partial charge is 0.496 e. The van der Waals surface area contributed by atoms with Crippen LogP contribution in [-0.2, 0) is 4.79 Å². The molecule has 2 heterocycles. The van der Waals surface area contributed by atoms with E-state index in [2.05, 4.69) is 25.6 Å². The molecule has 9 heteroatoms. The van der Waals surface area contributed by atoms with Crippen LogP contribution in [0.2, 0.25) is 0 Å². The van der Waals surface area contributed by atoms with Gasteiger partial charge in [0.1, 0.15) is 17.9 Å². The highest BCUT2D eigenvalue weighted by Crippen LogP contribution is 2.35. The lowest BCUT2D eigenvalue weighted by molar-refractivity contribution is -0.111. The van der Waals surface area contributed by atoms with Crippen molar-refractivity contribution in [2.75, 3.05) is 17.7 Å². The van der Waals surface area contributed by atoms with Gasteiger partial charge in [-0.25, -0.2) is 15.0 Å². The number of nitriles is 1. The fourth-order valence-electron chi connectivity index (χ4n) is 4.40. The fraction of sp³-hybridized carbons (Fsp3) is 0.0625. The summed E-state index contributed by atoms with van der Waals surface area (Å²) in [4.78, 5) is 38.0. The van der Waals surface area contributed by atoms with Crippen molar-refractivity contribution in [3.05, 3.63) is 109 Å². The number of ether oxygens (including phenoxy) is 1. The Morgan fingerprint density at radius 2 is 1.83 bits per heavy atom. The summed E-state index contributed by atoms with van der Waals surface area (Å²) in [5, 5.41) is 15.5. The van der Waals surface area contributed by atoms with E-state index in [0.717, 1.165) is 33.2 Å². The summed E-state index contributed by atoms with van der Waals surface area (Å²) in [5.74, 6) is 0.00953. The normalized spacial score (nSPS) is 10.8. The predicted octanol–water partition coefficient (Wildman–Crippen LogP) is 6.01. The van der Waals surface area contributed by atoms with E-state index >= 15 is 0 Å². The van der Waals surface area contributed by atoms with Gasteiger partial charge >= 0.3 is 0 Å². The van der Waals surface area contributed by atoms with Gasteiger partial charge < -0.3 is 15.4 Å². The third kappa shape index (κ3) is 5.92. The molecule has 0 bridgehead atoms. The molecule has 5 aromatic rings. The monoisotopic (exact) mass is 540 g/mol. The van der Waals surface area contributed by atoms with Crippen molar-refractivity contribution >= 4 is 34.2 Å². The molecule has 0 spiro atoms. The first kappa shape index (κ1) is 26.7. The SMILES string of the molecule is C/C=C/C(=O)Nc1cccc(-c2cc(-c3ccc(C(=O)Nc4cc(C#N)ccn4)c(OC)c3)cc3cncnc23)c1. The first-order chi connectivity index (χ1) is 20.0. The Bertz CT molecular complexity index is 1860. The molecule has 0 aliphatic heterocycles. The van der Waals surface area contributed by atoms with Crippen LogP contribution in [0.5, 0.6) is 5.75 Å². The highest BCUT2D eigenvalue weighted by molar-refractivity contribution is 6.06. The van der Waals surface area contributed by atoms with Gasteiger partial charge in [0, 0.05) is 29.0 Å². The maximum Gasteiger partial charge on any atom is 0.260 e. The van der Waals surface area contributed by atoms with Gasteiger partial charge in [0.25, 0.3) is 5.91 Å². The number of fused-ring (bicyclic) bond motifs is 1. The summed E-state index contributed by atoms with van der Waals surface area (Å²) in [6.45, 7) is 1.78. The van der Waals surface area contributed by atoms with Gasteiger partial charge in [-0.3, -0.25) is 9.59 Å². The van der Waals surface area contributed by atoms with Crippen LogP contribution < -0.4 is 15.4 Å². The van der Waals surface area contributed by atoms with E-state index < -0.39 is 5.91 Å². The van der Waals surface area contributed by atoms with Crippen molar-refractivity contribution < 1.29 is 14.3 Å². The Labute approximate surface area is 236 Å². The van der Waals surface area contributed by atoms with Crippen LogP contribution in [0.25, 0.3) is 33.2 Å². The molecule has 0 atom stereocenters. The molecule has 41 heavy (non-hydrogen) atoms. The highest BCUT2D eigenvalue weighted by Gasteiger charge is 2.16. The van der Waals surface area contributed by atoms with E-state index in [4.69, 9.17) is 10.00 Å². The van der Waals surface area contributed by atoms with Gasteiger partial charge in [-0.2, -0.15) is 5.26 Å². The number of pyridine rings is 1. The lowest BCUT2D eigenvalue weighted by Crippen LogP contribution is -2.14. The zero-order chi connectivity index (χ0) is 28.8. The first-order valence-electron chi connectivity index (χ1n) is 12.6. The number of nitrogens with zero attached hydrogens (tertiary/aromatic N) is 4. The summed E-state index contributed by atoms with van der Waals surface area (Å²) < 4.78 is 5.58. The Morgan fingerprint density at radius 3 is 2.63 bits per heavy atom. The predicted molar refractivity (Wildman–Crippen MR) is 157 cm³/mol. The number of methoxy groups -OCH3 is 1. The topological polar surface area (TPSA) is 130 Å². The molecule has 0 saturated carbocycles. The molecule has 0 aliphatic carbocycles. The Balaban J connectivity index is 1.53. The van der Waals surface area contributed by atoms with Crippen molar-refractivity contribution in [3.8, 4) is 34.1 Å². The number of carbonyl (C=O) groups excluding carboxylic acids is 2. The molecule has 0 saturated heterocycles. The maximum absolute atomic E-state index is 13.0. The van der Waals surface area contributed by atoms with Crippen LogP contribution in [0.1, 0.15) is 22.8 Å². The zero-order valence-electron chi connectivity index (χ0n) is 22.3. The number of hydrogen-bond acceptors (Lipinski definition) is 7. The quantitative estimate of drug-likeness (QED) is 0.242. The van der Waals surface area contributed by atoms with Crippen LogP contribution in [0.4, 0.5) is 11.5 Å². The van der Waals surface area contributed by atoms with Gasteiger partial charge in [0.2, 0.25) is 5.91 Å². The Kier molecular flexibility index (Phi) is 7.74. The average molecular weight is 541 g/mol. The molecule has 200 valence electrons. The number of amides is 2.